The van der Waals surface area contributed by atoms with Gasteiger partial charge in [0.2, 0.25) is 0 Å². The highest BCUT2D eigenvalue weighted by atomic mass is 16.4. The zero-order chi connectivity index (χ0) is 15.2. The Balaban J connectivity index is 1.72. The Kier molecular flexibility index (Phi) is 5.85. The fourth-order valence-corrected chi connectivity index (χ4v) is 3.27. The molecule has 1 unspecified atom stereocenters. The van der Waals surface area contributed by atoms with Crippen LogP contribution in [0, 0.1) is 5.92 Å². The third kappa shape index (κ3) is 4.59. The minimum Gasteiger partial charge on any atom is -0.480 e. The van der Waals surface area contributed by atoms with Crippen molar-refractivity contribution < 1.29 is 14.7 Å². The molecule has 0 bridgehead atoms. The highest BCUT2D eigenvalue weighted by molar-refractivity contribution is 5.82. The van der Waals surface area contributed by atoms with Gasteiger partial charge in [0.15, 0.2) is 0 Å². The molecule has 2 aliphatic heterocycles. The number of nitrogens with zero attached hydrogens (tertiary/aromatic N) is 2. The molecule has 2 fully saturated rings. The number of amides is 2. The van der Waals surface area contributed by atoms with Crippen LogP contribution in [-0.4, -0.2) is 66.2 Å². The van der Waals surface area contributed by atoms with Gasteiger partial charge in [0.1, 0.15) is 6.04 Å². The normalized spacial score (nSPS) is 24.8. The molecule has 0 saturated carbocycles. The summed E-state index contributed by atoms with van der Waals surface area (Å²) >= 11 is 0. The van der Waals surface area contributed by atoms with Crippen LogP contribution in [0.4, 0.5) is 4.79 Å². The first-order chi connectivity index (χ1) is 10.1. The van der Waals surface area contributed by atoms with Crippen LogP contribution in [0.15, 0.2) is 0 Å². The number of likely N-dealkylation sites (tertiary alicyclic amines) is 2. The summed E-state index contributed by atoms with van der Waals surface area (Å²) in [6.07, 6.45) is 5.72. The van der Waals surface area contributed by atoms with Gasteiger partial charge >= 0.3 is 12.0 Å². The minimum absolute atomic E-state index is 0.213. The van der Waals surface area contributed by atoms with E-state index in [9.17, 15) is 14.7 Å². The standard InChI is InChI=1S/C15H27N3O3/c1-17-10-6-12(7-11-17)5-8-16-15(21)18-9-3-2-4-13(18)14(19)20/h12-13H,2-11H2,1H3,(H,16,21)(H,19,20). The van der Waals surface area contributed by atoms with Crippen molar-refractivity contribution in [2.45, 2.75) is 44.6 Å². The third-order valence-electron chi connectivity index (χ3n) is 4.72. The molecule has 6 heteroatoms. The number of aliphatic carboxylic acids is 1. The largest absolute Gasteiger partial charge is 0.480 e. The van der Waals surface area contributed by atoms with Gasteiger partial charge < -0.3 is 20.2 Å². The lowest BCUT2D eigenvalue weighted by Gasteiger charge is -2.33. The first kappa shape index (κ1) is 16.1. The Morgan fingerprint density at radius 2 is 1.86 bits per heavy atom. The number of carbonyl (C=O) groups excluding carboxylic acids is 1. The molecule has 2 heterocycles. The number of hydrogen-bond donors (Lipinski definition) is 2. The highest BCUT2D eigenvalue weighted by Crippen LogP contribution is 2.19. The maximum atomic E-state index is 12.1. The van der Waals surface area contributed by atoms with E-state index in [4.69, 9.17) is 0 Å². The van der Waals surface area contributed by atoms with Crippen molar-refractivity contribution in [1.29, 1.82) is 0 Å². The second-order valence-electron chi connectivity index (χ2n) is 6.31. The van der Waals surface area contributed by atoms with Crippen molar-refractivity contribution >= 4 is 12.0 Å². The van der Waals surface area contributed by atoms with E-state index in [0.29, 0.717) is 25.4 Å². The molecule has 0 aromatic rings. The zero-order valence-corrected chi connectivity index (χ0v) is 12.9. The molecule has 1 atom stereocenters. The molecule has 2 N–H and O–H groups in total. The van der Waals surface area contributed by atoms with Gasteiger partial charge in [-0.3, -0.25) is 0 Å². The van der Waals surface area contributed by atoms with Crippen LogP contribution in [0.1, 0.15) is 38.5 Å². The van der Waals surface area contributed by atoms with E-state index in [1.165, 1.54) is 17.7 Å². The van der Waals surface area contributed by atoms with E-state index in [-0.39, 0.29) is 6.03 Å². The molecule has 2 saturated heterocycles. The molecule has 0 spiro atoms. The summed E-state index contributed by atoms with van der Waals surface area (Å²) in [6, 6.07) is -0.864. The van der Waals surface area contributed by atoms with Crippen LogP contribution in [0.3, 0.4) is 0 Å². The lowest BCUT2D eigenvalue weighted by Crippen LogP contribution is -2.52. The number of carboxylic acids is 1. The second kappa shape index (κ2) is 7.64. The van der Waals surface area contributed by atoms with Crippen molar-refractivity contribution in [1.82, 2.24) is 15.1 Å². The Morgan fingerprint density at radius 3 is 2.52 bits per heavy atom. The Morgan fingerprint density at radius 1 is 1.14 bits per heavy atom. The van der Waals surface area contributed by atoms with Crippen molar-refractivity contribution in [2.24, 2.45) is 5.92 Å². The fraction of sp³-hybridized carbons (Fsp3) is 0.867. The third-order valence-corrected chi connectivity index (χ3v) is 4.72. The molecule has 21 heavy (non-hydrogen) atoms. The summed E-state index contributed by atoms with van der Waals surface area (Å²) in [5.41, 5.74) is 0. The van der Waals surface area contributed by atoms with E-state index in [1.54, 1.807) is 0 Å². The minimum atomic E-state index is -0.889. The number of carbonyl (C=O) groups is 2. The first-order valence-corrected chi connectivity index (χ1v) is 8.03. The second-order valence-corrected chi connectivity index (χ2v) is 6.31. The molecule has 0 aliphatic carbocycles. The summed E-state index contributed by atoms with van der Waals surface area (Å²) in [7, 11) is 2.14. The summed E-state index contributed by atoms with van der Waals surface area (Å²) in [6.45, 7) is 3.46. The van der Waals surface area contributed by atoms with Gasteiger partial charge in [-0.15, -0.1) is 0 Å². The molecule has 0 radical (unpaired) electrons. The van der Waals surface area contributed by atoms with Gasteiger partial charge in [0.25, 0.3) is 0 Å². The summed E-state index contributed by atoms with van der Waals surface area (Å²) < 4.78 is 0. The summed E-state index contributed by atoms with van der Waals surface area (Å²) in [5.74, 6) is -0.210. The Labute approximate surface area is 126 Å². The van der Waals surface area contributed by atoms with Crippen LogP contribution in [-0.2, 0) is 4.79 Å². The average Bonchev–Trinajstić information content (AvgIpc) is 2.49. The number of carboxylic acid groups (broad SMARTS) is 1. The summed E-state index contributed by atoms with van der Waals surface area (Å²) in [5, 5.41) is 12.1. The van der Waals surface area contributed by atoms with Gasteiger partial charge in [-0.1, -0.05) is 0 Å². The van der Waals surface area contributed by atoms with Crippen LogP contribution in [0.2, 0.25) is 0 Å². The maximum absolute atomic E-state index is 12.1. The predicted octanol–water partition coefficient (Wildman–Crippen LogP) is 1.37. The average molecular weight is 297 g/mol. The fourth-order valence-electron chi connectivity index (χ4n) is 3.27. The monoisotopic (exact) mass is 297 g/mol. The van der Waals surface area contributed by atoms with E-state index < -0.39 is 12.0 Å². The van der Waals surface area contributed by atoms with Crippen molar-refractivity contribution in [3.63, 3.8) is 0 Å². The topological polar surface area (TPSA) is 72.9 Å². The molecular weight excluding hydrogens is 270 g/mol. The van der Waals surface area contributed by atoms with Crippen LogP contribution in [0.25, 0.3) is 0 Å². The molecule has 0 aromatic carbocycles. The molecular formula is C15H27N3O3. The lowest BCUT2D eigenvalue weighted by molar-refractivity contribution is -0.143. The van der Waals surface area contributed by atoms with Crippen LogP contribution >= 0.6 is 0 Å². The van der Waals surface area contributed by atoms with Crippen LogP contribution in [0.5, 0.6) is 0 Å². The summed E-state index contributed by atoms with van der Waals surface area (Å²) in [4.78, 5) is 27.2. The SMILES string of the molecule is CN1CCC(CCNC(=O)N2CCCCC2C(=O)O)CC1. The number of piperidine rings is 2. The van der Waals surface area contributed by atoms with Gasteiger partial charge in [-0.25, -0.2) is 9.59 Å². The zero-order valence-electron chi connectivity index (χ0n) is 12.9. The Hall–Kier alpha value is -1.30. The number of rotatable bonds is 4. The maximum Gasteiger partial charge on any atom is 0.326 e. The lowest BCUT2D eigenvalue weighted by atomic mass is 9.94. The molecule has 2 aliphatic rings. The van der Waals surface area contributed by atoms with Crippen molar-refractivity contribution in [3.05, 3.63) is 0 Å². The molecule has 0 aromatic heterocycles. The van der Waals surface area contributed by atoms with E-state index >= 15 is 0 Å². The molecule has 2 amide bonds. The van der Waals surface area contributed by atoms with Crippen LogP contribution < -0.4 is 5.32 Å². The van der Waals surface area contributed by atoms with E-state index in [1.807, 2.05) is 0 Å². The van der Waals surface area contributed by atoms with Gasteiger partial charge in [-0.2, -0.15) is 0 Å². The van der Waals surface area contributed by atoms with Gasteiger partial charge in [-0.05, 0) is 64.6 Å². The molecule has 6 nitrogen and oxygen atoms in total. The van der Waals surface area contributed by atoms with Crippen molar-refractivity contribution in [3.8, 4) is 0 Å². The first-order valence-electron chi connectivity index (χ1n) is 8.03. The van der Waals surface area contributed by atoms with Gasteiger partial charge in [0.05, 0.1) is 0 Å². The smallest absolute Gasteiger partial charge is 0.326 e. The van der Waals surface area contributed by atoms with E-state index in [2.05, 4.69) is 17.3 Å². The highest BCUT2D eigenvalue weighted by Gasteiger charge is 2.31. The predicted molar refractivity (Wildman–Crippen MR) is 80.2 cm³/mol. The van der Waals surface area contributed by atoms with E-state index in [0.717, 1.165) is 32.4 Å². The molecule has 120 valence electrons. The van der Waals surface area contributed by atoms with Gasteiger partial charge in [0, 0.05) is 13.1 Å². The quantitative estimate of drug-likeness (QED) is 0.822. The molecule has 2 rings (SSSR count). The number of urea groups is 1. The Bertz CT molecular complexity index is 367. The number of hydrogen-bond acceptors (Lipinski definition) is 3. The van der Waals surface area contributed by atoms with Crippen molar-refractivity contribution in [2.75, 3.05) is 33.2 Å². The number of nitrogens with one attached hydrogen (secondary N) is 1.